The second-order valence-corrected chi connectivity index (χ2v) is 7.08. The second-order valence-electron chi connectivity index (χ2n) is 6.64. The second kappa shape index (κ2) is 5.39. The number of nitrogens with two attached hydrogens (primary N) is 1. The van der Waals surface area contributed by atoms with Crippen molar-refractivity contribution in [2.45, 2.75) is 58.9 Å². The number of hydrogen-bond acceptors (Lipinski definition) is 2. The van der Waals surface area contributed by atoms with Gasteiger partial charge in [0.15, 0.2) is 0 Å². The van der Waals surface area contributed by atoms with Gasteiger partial charge in [0.05, 0.1) is 10.4 Å². The molecule has 0 saturated heterocycles. The summed E-state index contributed by atoms with van der Waals surface area (Å²) in [6, 6.07) is 0.305. The van der Waals surface area contributed by atoms with E-state index in [1.807, 2.05) is 0 Å². The molecule has 108 valence electrons. The Bertz CT molecular complexity index is 376. The van der Waals surface area contributed by atoms with Crippen LogP contribution in [0.5, 0.6) is 0 Å². The summed E-state index contributed by atoms with van der Waals surface area (Å²) in [5.41, 5.74) is 5.27. The average Bonchev–Trinajstić information content (AvgIpc) is 2.65. The Morgan fingerprint density at radius 1 is 1.37 bits per heavy atom. The first-order valence-electron chi connectivity index (χ1n) is 7.51. The molecule has 19 heavy (non-hydrogen) atoms. The van der Waals surface area contributed by atoms with Gasteiger partial charge >= 0.3 is 0 Å². The highest BCUT2D eigenvalue weighted by Crippen LogP contribution is 2.46. The van der Waals surface area contributed by atoms with Crippen molar-refractivity contribution in [3.8, 4) is 0 Å². The van der Waals surface area contributed by atoms with Crippen molar-refractivity contribution in [2.75, 3.05) is 0 Å². The van der Waals surface area contributed by atoms with Crippen LogP contribution in [0.2, 0.25) is 0 Å². The predicted octanol–water partition coefficient (Wildman–Crippen LogP) is 2.63. The van der Waals surface area contributed by atoms with E-state index in [1.54, 1.807) is 0 Å². The average molecular weight is 282 g/mol. The van der Waals surface area contributed by atoms with Crippen molar-refractivity contribution < 1.29 is 4.79 Å². The summed E-state index contributed by atoms with van der Waals surface area (Å²) in [5.74, 6) is 1.93. The molecular formula is C15H26N2OS. The standard InChI is InChI=1S/C15H26N2OS/c1-4-11-5-6-12(10(11)3)17-14(18)15(13(16)19)7-9(2)8-15/h9-12H,4-8H2,1-3H3,(H2,16,19)(H,17,18). The van der Waals surface area contributed by atoms with E-state index in [2.05, 4.69) is 26.1 Å². The molecule has 0 radical (unpaired) electrons. The van der Waals surface area contributed by atoms with Crippen molar-refractivity contribution in [3.63, 3.8) is 0 Å². The normalized spacial score (nSPS) is 41.6. The largest absolute Gasteiger partial charge is 0.392 e. The number of hydrogen-bond donors (Lipinski definition) is 2. The first-order valence-corrected chi connectivity index (χ1v) is 7.92. The van der Waals surface area contributed by atoms with Crippen LogP contribution in [-0.2, 0) is 4.79 Å². The first-order chi connectivity index (χ1) is 8.90. The molecule has 2 saturated carbocycles. The molecule has 3 atom stereocenters. The highest BCUT2D eigenvalue weighted by atomic mass is 32.1. The quantitative estimate of drug-likeness (QED) is 0.779. The van der Waals surface area contributed by atoms with Crippen LogP contribution in [0.25, 0.3) is 0 Å². The monoisotopic (exact) mass is 282 g/mol. The predicted molar refractivity (Wildman–Crippen MR) is 81.7 cm³/mol. The maximum Gasteiger partial charge on any atom is 0.233 e. The van der Waals surface area contributed by atoms with Gasteiger partial charge in [0.1, 0.15) is 0 Å². The van der Waals surface area contributed by atoms with E-state index >= 15 is 0 Å². The molecule has 4 heteroatoms. The molecule has 0 spiro atoms. The summed E-state index contributed by atoms with van der Waals surface area (Å²) in [5, 5.41) is 3.23. The molecule has 2 aliphatic carbocycles. The molecule has 0 aromatic rings. The fourth-order valence-corrected chi connectivity index (χ4v) is 4.22. The Balaban J connectivity index is 1.99. The Morgan fingerprint density at radius 3 is 2.42 bits per heavy atom. The van der Waals surface area contributed by atoms with Gasteiger partial charge in [-0.25, -0.2) is 0 Å². The number of carbonyl (C=O) groups is 1. The Morgan fingerprint density at radius 2 is 2.00 bits per heavy atom. The topological polar surface area (TPSA) is 55.1 Å². The van der Waals surface area contributed by atoms with Crippen LogP contribution in [0.1, 0.15) is 52.9 Å². The zero-order valence-electron chi connectivity index (χ0n) is 12.2. The molecule has 2 aliphatic rings. The number of thiocarbonyl (C=S) groups is 1. The lowest BCUT2D eigenvalue weighted by molar-refractivity contribution is -0.133. The Labute approximate surface area is 121 Å². The summed E-state index contributed by atoms with van der Waals surface area (Å²) in [6.07, 6.45) is 5.14. The van der Waals surface area contributed by atoms with Crippen LogP contribution >= 0.6 is 12.2 Å². The number of amides is 1. The minimum atomic E-state index is -0.557. The van der Waals surface area contributed by atoms with E-state index in [-0.39, 0.29) is 5.91 Å². The molecule has 0 bridgehead atoms. The summed E-state index contributed by atoms with van der Waals surface area (Å²) in [7, 11) is 0. The molecule has 3 nitrogen and oxygen atoms in total. The molecule has 2 fully saturated rings. The maximum absolute atomic E-state index is 12.6. The highest BCUT2D eigenvalue weighted by Gasteiger charge is 2.51. The first kappa shape index (κ1) is 14.8. The fraction of sp³-hybridized carbons (Fsp3) is 0.867. The van der Waals surface area contributed by atoms with Gasteiger partial charge in [-0.2, -0.15) is 0 Å². The van der Waals surface area contributed by atoms with Gasteiger partial charge in [-0.15, -0.1) is 0 Å². The van der Waals surface area contributed by atoms with Crippen LogP contribution < -0.4 is 11.1 Å². The molecule has 3 N–H and O–H groups in total. The minimum Gasteiger partial charge on any atom is -0.392 e. The molecule has 0 heterocycles. The van der Waals surface area contributed by atoms with Crippen LogP contribution in [-0.4, -0.2) is 16.9 Å². The number of nitrogens with one attached hydrogen (secondary N) is 1. The van der Waals surface area contributed by atoms with Gasteiger partial charge in [0, 0.05) is 6.04 Å². The van der Waals surface area contributed by atoms with Crippen LogP contribution in [0.15, 0.2) is 0 Å². The third kappa shape index (κ3) is 2.51. The van der Waals surface area contributed by atoms with Gasteiger partial charge in [-0.1, -0.05) is 39.4 Å². The molecule has 1 amide bonds. The zero-order valence-corrected chi connectivity index (χ0v) is 13.1. The van der Waals surface area contributed by atoms with Crippen molar-refractivity contribution in [1.82, 2.24) is 5.32 Å². The molecule has 0 aliphatic heterocycles. The van der Waals surface area contributed by atoms with Gasteiger partial charge in [-0.05, 0) is 43.4 Å². The lowest BCUT2D eigenvalue weighted by atomic mass is 9.62. The van der Waals surface area contributed by atoms with Crippen LogP contribution in [0.4, 0.5) is 0 Å². The molecular weight excluding hydrogens is 256 g/mol. The Kier molecular flexibility index (Phi) is 4.19. The van der Waals surface area contributed by atoms with Gasteiger partial charge < -0.3 is 11.1 Å². The third-order valence-electron chi connectivity index (χ3n) is 5.37. The third-order valence-corrected chi connectivity index (χ3v) is 5.76. The fourth-order valence-electron chi connectivity index (χ4n) is 3.96. The van der Waals surface area contributed by atoms with E-state index < -0.39 is 5.41 Å². The SMILES string of the molecule is CCC1CCC(NC(=O)C2(C(N)=S)CC(C)C2)C1C. The molecule has 0 aromatic heterocycles. The smallest absolute Gasteiger partial charge is 0.233 e. The Hall–Kier alpha value is -0.640. The van der Waals surface area contributed by atoms with Crippen molar-refractivity contribution in [3.05, 3.63) is 0 Å². The minimum absolute atomic E-state index is 0.0757. The van der Waals surface area contributed by atoms with Gasteiger partial charge in [0.25, 0.3) is 0 Å². The van der Waals surface area contributed by atoms with E-state index in [0.29, 0.717) is 22.9 Å². The number of carbonyl (C=O) groups excluding carboxylic acids is 1. The summed E-state index contributed by atoms with van der Waals surface area (Å²) in [6.45, 7) is 6.63. The van der Waals surface area contributed by atoms with Crippen molar-refractivity contribution in [1.29, 1.82) is 0 Å². The molecule has 0 aromatic carbocycles. The zero-order chi connectivity index (χ0) is 14.2. The van der Waals surface area contributed by atoms with Gasteiger partial charge in [0.2, 0.25) is 5.91 Å². The van der Waals surface area contributed by atoms with Crippen LogP contribution in [0.3, 0.4) is 0 Å². The lowest BCUT2D eigenvalue weighted by Gasteiger charge is -2.44. The van der Waals surface area contributed by atoms with E-state index in [1.165, 1.54) is 12.8 Å². The van der Waals surface area contributed by atoms with E-state index in [4.69, 9.17) is 18.0 Å². The lowest BCUT2D eigenvalue weighted by Crippen LogP contribution is -2.58. The number of rotatable bonds is 4. The molecule has 3 unspecified atom stereocenters. The summed E-state index contributed by atoms with van der Waals surface area (Å²) >= 11 is 5.14. The van der Waals surface area contributed by atoms with Crippen molar-refractivity contribution >= 4 is 23.1 Å². The highest BCUT2D eigenvalue weighted by molar-refractivity contribution is 7.80. The molecule has 2 rings (SSSR count). The van der Waals surface area contributed by atoms with Crippen LogP contribution in [0, 0.1) is 23.2 Å². The summed E-state index contributed by atoms with van der Waals surface area (Å²) in [4.78, 5) is 12.9. The van der Waals surface area contributed by atoms with Crippen molar-refractivity contribution in [2.24, 2.45) is 28.9 Å². The van der Waals surface area contributed by atoms with Gasteiger partial charge in [-0.3, -0.25) is 4.79 Å². The van der Waals surface area contributed by atoms with E-state index in [0.717, 1.165) is 25.2 Å². The maximum atomic E-state index is 12.6. The van der Waals surface area contributed by atoms with E-state index in [9.17, 15) is 4.79 Å². The summed E-state index contributed by atoms with van der Waals surface area (Å²) < 4.78 is 0.